The smallest absolute Gasteiger partial charge is 0.311 e. The molecule has 1 unspecified atom stereocenters. The first-order valence-electron chi connectivity index (χ1n) is 6.56. The largest absolute Gasteiger partial charge is 0.481 e. The van der Waals surface area contributed by atoms with Gasteiger partial charge in [-0.05, 0) is 36.5 Å². The lowest BCUT2D eigenvalue weighted by atomic mass is 9.96. The molecule has 0 amide bonds. The Labute approximate surface area is 113 Å². The van der Waals surface area contributed by atoms with Gasteiger partial charge >= 0.3 is 5.97 Å². The fraction of sp³-hybridized carbons (Fsp3) is 0.533. The van der Waals surface area contributed by atoms with Gasteiger partial charge in [0.15, 0.2) is 0 Å². The van der Waals surface area contributed by atoms with E-state index in [0.29, 0.717) is 31.1 Å². The Morgan fingerprint density at radius 2 is 2.00 bits per heavy atom. The minimum atomic E-state index is -0.946. The molecule has 0 aliphatic heterocycles. The van der Waals surface area contributed by atoms with E-state index >= 15 is 0 Å². The molecule has 0 bridgehead atoms. The van der Waals surface area contributed by atoms with E-state index < -0.39 is 17.7 Å². The molecule has 1 aromatic rings. The second-order valence-corrected chi connectivity index (χ2v) is 5.03. The molecule has 0 saturated carbocycles. The lowest BCUT2D eigenvalue weighted by Crippen LogP contribution is -2.15. The normalized spacial score (nSPS) is 12.6. The summed E-state index contributed by atoms with van der Waals surface area (Å²) in [5, 5.41) is 9.18. The Bertz CT molecular complexity index is 404. The number of ether oxygens (including phenoxy) is 1. The molecule has 0 fully saturated rings. The molecule has 1 rings (SSSR count). The van der Waals surface area contributed by atoms with Crippen molar-refractivity contribution in [2.75, 3.05) is 13.2 Å². The van der Waals surface area contributed by atoms with Crippen molar-refractivity contribution in [1.29, 1.82) is 0 Å². The molecular formula is C15H21FO3. The number of hydrogen-bond donors (Lipinski definition) is 1. The summed E-state index contributed by atoms with van der Waals surface area (Å²) >= 11 is 0. The first-order chi connectivity index (χ1) is 9.00. The maximum absolute atomic E-state index is 13.1. The molecule has 19 heavy (non-hydrogen) atoms. The van der Waals surface area contributed by atoms with E-state index in [9.17, 15) is 14.3 Å². The van der Waals surface area contributed by atoms with Gasteiger partial charge in [0.25, 0.3) is 0 Å². The van der Waals surface area contributed by atoms with Gasteiger partial charge in [-0.3, -0.25) is 4.79 Å². The zero-order chi connectivity index (χ0) is 14.3. The molecule has 1 atom stereocenters. The van der Waals surface area contributed by atoms with E-state index in [1.807, 2.05) is 0 Å². The Kier molecular flexibility index (Phi) is 6.50. The molecule has 0 saturated heterocycles. The SMILES string of the molecule is CC(C)CCOCCC(C(=O)O)c1cccc(F)c1. The third-order valence-corrected chi connectivity index (χ3v) is 2.94. The van der Waals surface area contributed by atoms with Gasteiger partial charge in [-0.2, -0.15) is 0 Å². The topological polar surface area (TPSA) is 46.5 Å². The molecule has 0 heterocycles. The van der Waals surface area contributed by atoms with Crippen molar-refractivity contribution < 1.29 is 19.0 Å². The zero-order valence-electron chi connectivity index (χ0n) is 11.4. The van der Waals surface area contributed by atoms with Crippen molar-refractivity contribution in [3.63, 3.8) is 0 Å². The number of aliphatic carboxylic acids is 1. The second-order valence-electron chi connectivity index (χ2n) is 5.03. The first-order valence-corrected chi connectivity index (χ1v) is 6.56. The van der Waals surface area contributed by atoms with E-state index in [0.717, 1.165) is 6.42 Å². The minimum absolute atomic E-state index is 0.358. The van der Waals surface area contributed by atoms with Crippen LogP contribution in [0.15, 0.2) is 24.3 Å². The molecule has 0 spiro atoms. The number of halogens is 1. The molecule has 0 aliphatic carbocycles. The molecule has 1 aromatic carbocycles. The third kappa shape index (κ3) is 5.83. The number of hydrogen-bond acceptors (Lipinski definition) is 2. The van der Waals surface area contributed by atoms with Crippen LogP contribution in [0.3, 0.4) is 0 Å². The summed E-state index contributed by atoms with van der Waals surface area (Å²) in [6.07, 6.45) is 1.31. The van der Waals surface area contributed by atoms with Crippen molar-refractivity contribution in [3.8, 4) is 0 Å². The highest BCUT2D eigenvalue weighted by Crippen LogP contribution is 2.21. The fourth-order valence-corrected chi connectivity index (χ4v) is 1.78. The Morgan fingerprint density at radius 1 is 1.32 bits per heavy atom. The van der Waals surface area contributed by atoms with Crippen molar-refractivity contribution >= 4 is 5.97 Å². The Hall–Kier alpha value is -1.42. The average Bonchev–Trinajstić information content (AvgIpc) is 2.32. The Balaban J connectivity index is 2.48. The van der Waals surface area contributed by atoms with Crippen LogP contribution in [0.2, 0.25) is 0 Å². The second kappa shape index (κ2) is 7.89. The van der Waals surface area contributed by atoms with Crippen molar-refractivity contribution in [2.45, 2.75) is 32.6 Å². The van der Waals surface area contributed by atoms with Crippen LogP contribution >= 0.6 is 0 Å². The highest BCUT2D eigenvalue weighted by Gasteiger charge is 2.19. The van der Waals surface area contributed by atoms with E-state index in [1.165, 1.54) is 18.2 Å². The van der Waals surface area contributed by atoms with Gasteiger partial charge in [-0.15, -0.1) is 0 Å². The monoisotopic (exact) mass is 268 g/mol. The summed E-state index contributed by atoms with van der Waals surface area (Å²) in [6.45, 7) is 5.22. The Morgan fingerprint density at radius 3 is 2.58 bits per heavy atom. The molecule has 106 valence electrons. The van der Waals surface area contributed by atoms with Gasteiger partial charge < -0.3 is 9.84 Å². The molecule has 0 aliphatic rings. The van der Waals surface area contributed by atoms with Crippen LogP contribution in [0.5, 0.6) is 0 Å². The summed E-state index contributed by atoms with van der Waals surface area (Å²) in [6, 6.07) is 5.74. The number of benzene rings is 1. The predicted octanol–water partition coefficient (Wildman–Crippen LogP) is 3.45. The molecule has 0 aromatic heterocycles. The summed E-state index contributed by atoms with van der Waals surface area (Å²) in [4.78, 5) is 11.2. The maximum Gasteiger partial charge on any atom is 0.311 e. The molecular weight excluding hydrogens is 247 g/mol. The fourth-order valence-electron chi connectivity index (χ4n) is 1.78. The number of carboxylic acids is 1. The summed E-state index contributed by atoms with van der Waals surface area (Å²) in [5.41, 5.74) is 0.486. The third-order valence-electron chi connectivity index (χ3n) is 2.94. The van der Waals surface area contributed by atoms with E-state index in [1.54, 1.807) is 6.07 Å². The number of carboxylic acid groups (broad SMARTS) is 1. The molecule has 4 heteroatoms. The van der Waals surface area contributed by atoms with Crippen LogP contribution in [0.25, 0.3) is 0 Å². The highest BCUT2D eigenvalue weighted by atomic mass is 19.1. The standard InChI is InChI=1S/C15H21FO3/c1-11(2)6-8-19-9-7-14(15(17)18)12-4-3-5-13(16)10-12/h3-5,10-11,14H,6-9H2,1-2H3,(H,17,18). The van der Waals surface area contributed by atoms with Crippen LogP contribution in [-0.4, -0.2) is 24.3 Å². The predicted molar refractivity (Wildman–Crippen MR) is 71.7 cm³/mol. The van der Waals surface area contributed by atoms with Crippen LogP contribution in [0.1, 0.15) is 38.2 Å². The molecule has 0 radical (unpaired) electrons. The van der Waals surface area contributed by atoms with Crippen LogP contribution < -0.4 is 0 Å². The first kappa shape index (κ1) is 15.6. The van der Waals surface area contributed by atoms with Gasteiger partial charge in [0.2, 0.25) is 0 Å². The van der Waals surface area contributed by atoms with Crippen molar-refractivity contribution in [2.24, 2.45) is 5.92 Å². The van der Waals surface area contributed by atoms with E-state index in [2.05, 4.69) is 13.8 Å². The lowest BCUT2D eigenvalue weighted by molar-refractivity contribution is -0.139. The summed E-state index contributed by atoms with van der Waals surface area (Å²) in [7, 11) is 0. The minimum Gasteiger partial charge on any atom is -0.481 e. The maximum atomic E-state index is 13.1. The van der Waals surface area contributed by atoms with Crippen molar-refractivity contribution in [3.05, 3.63) is 35.6 Å². The van der Waals surface area contributed by atoms with Crippen LogP contribution in [0.4, 0.5) is 4.39 Å². The van der Waals surface area contributed by atoms with Gasteiger partial charge in [0.1, 0.15) is 5.82 Å². The van der Waals surface area contributed by atoms with Gasteiger partial charge in [-0.1, -0.05) is 26.0 Å². The number of carbonyl (C=O) groups is 1. The molecule has 3 nitrogen and oxygen atoms in total. The van der Waals surface area contributed by atoms with Gasteiger partial charge in [0, 0.05) is 13.2 Å². The summed E-state index contributed by atoms with van der Waals surface area (Å²) < 4.78 is 18.5. The number of rotatable bonds is 8. The summed E-state index contributed by atoms with van der Waals surface area (Å²) in [5.74, 6) is -1.50. The zero-order valence-corrected chi connectivity index (χ0v) is 11.4. The van der Waals surface area contributed by atoms with Crippen LogP contribution in [0, 0.1) is 11.7 Å². The van der Waals surface area contributed by atoms with Gasteiger partial charge in [0.05, 0.1) is 5.92 Å². The lowest BCUT2D eigenvalue weighted by Gasteiger charge is -2.13. The quantitative estimate of drug-likeness (QED) is 0.734. The van der Waals surface area contributed by atoms with Crippen molar-refractivity contribution in [1.82, 2.24) is 0 Å². The highest BCUT2D eigenvalue weighted by molar-refractivity contribution is 5.76. The average molecular weight is 268 g/mol. The molecule has 1 N–H and O–H groups in total. The van der Waals surface area contributed by atoms with E-state index in [-0.39, 0.29) is 0 Å². The van der Waals surface area contributed by atoms with Crippen LogP contribution in [-0.2, 0) is 9.53 Å². The van der Waals surface area contributed by atoms with E-state index in [4.69, 9.17) is 4.74 Å². The van der Waals surface area contributed by atoms with Gasteiger partial charge in [-0.25, -0.2) is 4.39 Å².